The van der Waals surface area contributed by atoms with Crippen molar-refractivity contribution >= 4 is 22.5 Å². The minimum Gasteiger partial charge on any atom is -0.484 e. The summed E-state index contributed by atoms with van der Waals surface area (Å²) in [5.74, 6) is 0.727. The van der Waals surface area contributed by atoms with Gasteiger partial charge in [0, 0.05) is 25.2 Å². The van der Waals surface area contributed by atoms with Gasteiger partial charge in [0.05, 0.1) is 11.6 Å². The SMILES string of the molecule is CCNCC(COC)Oc1ccc(Cl)c2cccnc12. The number of fused-ring (bicyclic) bond motifs is 1. The maximum Gasteiger partial charge on any atom is 0.146 e. The van der Waals surface area contributed by atoms with E-state index in [0.717, 1.165) is 29.7 Å². The molecule has 0 spiro atoms. The predicted molar refractivity (Wildman–Crippen MR) is 81.6 cm³/mol. The second-order valence-corrected chi connectivity index (χ2v) is 4.86. The molecule has 1 N–H and O–H groups in total. The number of likely N-dealkylation sites (N-methyl/N-ethyl adjacent to an activating group) is 1. The third-order valence-corrected chi connectivity index (χ3v) is 3.28. The summed E-state index contributed by atoms with van der Waals surface area (Å²) < 4.78 is 11.2. The fourth-order valence-electron chi connectivity index (χ4n) is 2.01. The Hall–Kier alpha value is -1.36. The van der Waals surface area contributed by atoms with Gasteiger partial charge in [-0.15, -0.1) is 0 Å². The van der Waals surface area contributed by atoms with Crippen molar-refractivity contribution in [2.24, 2.45) is 0 Å². The van der Waals surface area contributed by atoms with Crippen LogP contribution in [0.5, 0.6) is 5.75 Å². The van der Waals surface area contributed by atoms with Crippen molar-refractivity contribution in [3.63, 3.8) is 0 Å². The molecule has 0 aliphatic rings. The summed E-state index contributed by atoms with van der Waals surface area (Å²) in [4.78, 5) is 4.36. The van der Waals surface area contributed by atoms with E-state index in [4.69, 9.17) is 21.1 Å². The number of methoxy groups -OCH3 is 1. The van der Waals surface area contributed by atoms with Crippen molar-refractivity contribution in [3.05, 3.63) is 35.5 Å². The standard InChI is InChI=1S/C15H19ClN2O2/c1-3-17-9-11(10-19-2)20-14-7-6-13(16)12-5-4-8-18-15(12)14/h4-8,11,17H,3,9-10H2,1-2H3. The number of nitrogens with one attached hydrogen (secondary N) is 1. The molecule has 108 valence electrons. The maximum absolute atomic E-state index is 6.18. The van der Waals surface area contributed by atoms with Gasteiger partial charge in [-0.2, -0.15) is 0 Å². The number of rotatable bonds is 7. The van der Waals surface area contributed by atoms with Gasteiger partial charge in [0.25, 0.3) is 0 Å². The molecule has 0 aliphatic carbocycles. The van der Waals surface area contributed by atoms with Gasteiger partial charge in [-0.1, -0.05) is 18.5 Å². The van der Waals surface area contributed by atoms with Crippen LogP contribution in [0.1, 0.15) is 6.92 Å². The molecule has 2 rings (SSSR count). The zero-order chi connectivity index (χ0) is 14.4. The highest BCUT2D eigenvalue weighted by Crippen LogP contribution is 2.30. The van der Waals surface area contributed by atoms with E-state index in [-0.39, 0.29) is 6.10 Å². The third kappa shape index (κ3) is 3.60. The van der Waals surface area contributed by atoms with Crippen LogP contribution < -0.4 is 10.1 Å². The van der Waals surface area contributed by atoms with E-state index in [9.17, 15) is 0 Å². The third-order valence-electron chi connectivity index (χ3n) is 2.95. The van der Waals surface area contributed by atoms with Gasteiger partial charge in [0.2, 0.25) is 0 Å². The minimum absolute atomic E-state index is 0.0636. The van der Waals surface area contributed by atoms with E-state index in [1.807, 2.05) is 24.3 Å². The van der Waals surface area contributed by atoms with Crippen LogP contribution in [0.25, 0.3) is 10.9 Å². The van der Waals surface area contributed by atoms with Crippen molar-refractivity contribution in [3.8, 4) is 5.75 Å². The molecule has 1 aromatic heterocycles. The predicted octanol–water partition coefficient (Wildman–Crippen LogP) is 2.89. The van der Waals surface area contributed by atoms with Crippen LogP contribution in [0.15, 0.2) is 30.5 Å². The Morgan fingerprint density at radius 2 is 2.20 bits per heavy atom. The summed E-state index contributed by atoms with van der Waals surface area (Å²) in [6.07, 6.45) is 1.67. The summed E-state index contributed by atoms with van der Waals surface area (Å²) in [6.45, 7) is 4.19. The van der Waals surface area contributed by atoms with Crippen LogP contribution in [0, 0.1) is 0 Å². The van der Waals surface area contributed by atoms with Crippen molar-refractivity contribution in [1.82, 2.24) is 10.3 Å². The molecule has 0 saturated carbocycles. The van der Waals surface area contributed by atoms with Crippen LogP contribution in [0.2, 0.25) is 5.02 Å². The van der Waals surface area contributed by atoms with E-state index in [1.54, 1.807) is 13.3 Å². The molecule has 0 saturated heterocycles. The smallest absolute Gasteiger partial charge is 0.146 e. The monoisotopic (exact) mass is 294 g/mol. The zero-order valence-corrected chi connectivity index (χ0v) is 12.5. The van der Waals surface area contributed by atoms with Crippen molar-refractivity contribution < 1.29 is 9.47 Å². The Kier molecular flexibility index (Phi) is 5.59. The zero-order valence-electron chi connectivity index (χ0n) is 11.7. The van der Waals surface area contributed by atoms with Gasteiger partial charge in [0.15, 0.2) is 0 Å². The molecule has 0 radical (unpaired) electrons. The highest BCUT2D eigenvalue weighted by molar-refractivity contribution is 6.35. The van der Waals surface area contributed by atoms with Crippen molar-refractivity contribution in [1.29, 1.82) is 0 Å². The lowest BCUT2D eigenvalue weighted by molar-refractivity contribution is 0.0818. The van der Waals surface area contributed by atoms with Crippen LogP contribution in [-0.2, 0) is 4.74 Å². The van der Waals surface area contributed by atoms with E-state index in [2.05, 4.69) is 17.2 Å². The van der Waals surface area contributed by atoms with E-state index in [0.29, 0.717) is 11.6 Å². The molecule has 0 aliphatic heterocycles. The Morgan fingerprint density at radius 3 is 2.95 bits per heavy atom. The lowest BCUT2D eigenvalue weighted by Gasteiger charge is -2.19. The second-order valence-electron chi connectivity index (χ2n) is 4.45. The second kappa shape index (κ2) is 7.43. The number of nitrogens with zero attached hydrogens (tertiary/aromatic N) is 1. The highest BCUT2D eigenvalue weighted by atomic mass is 35.5. The molecule has 1 atom stereocenters. The van der Waals surface area contributed by atoms with E-state index < -0.39 is 0 Å². The first-order valence-electron chi connectivity index (χ1n) is 6.65. The van der Waals surface area contributed by atoms with Gasteiger partial charge in [-0.05, 0) is 30.8 Å². The lowest BCUT2D eigenvalue weighted by atomic mass is 10.2. The topological polar surface area (TPSA) is 43.4 Å². The first-order valence-corrected chi connectivity index (χ1v) is 7.03. The van der Waals surface area contributed by atoms with Gasteiger partial charge in [0.1, 0.15) is 17.4 Å². The van der Waals surface area contributed by atoms with E-state index >= 15 is 0 Å². The van der Waals surface area contributed by atoms with Crippen LogP contribution >= 0.6 is 11.6 Å². The fraction of sp³-hybridized carbons (Fsp3) is 0.400. The van der Waals surface area contributed by atoms with Gasteiger partial charge < -0.3 is 14.8 Å². The van der Waals surface area contributed by atoms with Crippen molar-refractivity contribution in [2.45, 2.75) is 13.0 Å². The molecule has 20 heavy (non-hydrogen) atoms. The highest BCUT2D eigenvalue weighted by Gasteiger charge is 2.13. The number of ether oxygens (including phenoxy) is 2. The molecule has 4 nitrogen and oxygen atoms in total. The molecule has 1 unspecified atom stereocenters. The number of hydrogen-bond donors (Lipinski definition) is 1. The molecule has 1 aromatic carbocycles. The molecule has 1 heterocycles. The molecule has 0 amide bonds. The summed E-state index contributed by atoms with van der Waals surface area (Å²) in [7, 11) is 1.67. The average molecular weight is 295 g/mol. The number of pyridine rings is 1. The lowest BCUT2D eigenvalue weighted by Crippen LogP contribution is -2.34. The first kappa shape index (κ1) is 15.0. The van der Waals surface area contributed by atoms with Crippen LogP contribution in [0.4, 0.5) is 0 Å². The fourth-order valence-corrected chi connectivity index (χ4v) is 2.23. The summed E-state index contributed by atoms with van der Waals surface area (Å²) in [6, 6.07) is 7.49. The largest absolute Gasteiger partial charge is 0.484 e. The van der Waals surface area contributed by atoms with Crippen molar-refractivity contribution in [2.75, 3.05) is 26.8 Å². The molecular weight excluding hydrogens is 276 g/mol. The summed E-state index contributed by atoms with van der Waals surface area (Å²) in [5, 5.41) is 4.83. The normalized spacial score (nSPS) is 12.6. The molecule has 5 heteroatoms. The Bertz CT molecular complexity index is 563. The summed E-state index contributed by atoms with van der Waals surface area (Å²) >= 11 is 6.18. The number of aromatic nitrogens is 1. The number of benzene rings is 1. The number of halogens is 1. The molecular formula is C15H19ClN2O2. The minimum atomic E-state index is -0.0636. The molecule has 0 fully saturated rings. The van der Waals surface area contributed by atoms with Crippen LogP contribution in [0.3, 0.4) is 0 Å². The van der Waals surface area contributed by atoms with Gasteiger partial charge >= 0.3 is 0 Å². The average Bonchev–Trinajstić information content (AvgIpc) is 2.48. The molecule has 2 aromatic rings. The number of hydrogen-bond acceptors (Lipinski definition) is 4. The van der Waals surface area contributed by atoms with Gasteiger partial charge in [-0.25, -0.2) is 0 Å². The first-order chi connectivity index (χ1) is 9.76. The maximum atomic E-state index is 6.18. The quantitative estimate of drug-likeness (QED) is 0.853. The Balaban J connectivity index is 2.25. The molecule has 0 bridgehead atoms. The summed E-state index contributed by atoms with van der Waals surface area (Å²) in [5.41, 5.74) is 0.776. The Labute approximate surface area is 124 Å². The van der Waals surface area contributed by atoms with E-state index in [1.165, 1.54) is 0 Å². The van der Waals surface area contributed by atoms with Gasteiger partial charge in [-0.3, -0.25) is 4.98 Å². The van der Waals surface area contributed by atoms with Crippen LogP contribution in [-0.4, -0.2) is 37.9 Å². The Morgan fingerprint density at radius 1 is 1.35 bits per heavy atom.